The minimum absolute atomic E-state index is 0.643. The zero-order valence-electron chi connectivity index (χ0n) is 9.68. The number of nitrogens with zero attached hydrogens (tertiary/aromatic N) is 2. The van der Waals surface area contributed by atoms with Gasteiger partial charge in [-0.3, -0.25) is 0 Å². The number of rotatable bonds is 4. The molecule has 0 aliphatic heterocycles. The molecule has 16 heavy (non-hydrogen) atoms. The Bertz CT molecular complexity index is 429. The maximum absolute atomic E-state index is 5.44. The lowest BCUT2D eigenvalue weighted by molar-refractivity contribution is 0.0847. The van der Waals surface area contributed by atoms with Gasteiger partial charge in [-0.15, -0.1) is 9.94 Å². The van der Waals surface area contributed by atoms with Crippen molar-refractivity contribution in [2.45, 2.75) is 20.3 Å². The van der Waals surface area contributed by atoms with Gasteiger partial charge in [-0.1, -0.05) is 29.3 Å². The van der Waals surface area contributed by atoms with Crippen molar-refractivity contribution in [1.29, 1.82) is 0 Å². The van der Waals surface area contributed by atoms with Crippen LogP contribution in [0.25, 0.3) is 0 Å². The normalized spacial score (nSPS) is 10.4. The van der Waals surface area contributed by atoms with E-state index in [1.54, 1.807) is 12.4 Å². The summed E-state index contributed by atoms with van der Waals surface area (Å²) in [6, 6.07) is 8.41. The van der Waals surface area contributed by atoms with Crippen LogP contribution < -0.4 is 4.84 Å². The second-order valence-corrected chi connectivity index (χ2v) is 3.99. The van der Waals surface area contributed by atoms with Crippen molar-refractivity contribution in [3.8, 4) is 0 Å². The Morgan fingerprint density at radius 3 is 2.56 bits per heavy atom. The average molecular weight is 216 g/mol. The van der Waals surface area contributed by atoms with Crippen LogP contribution >= 0.6 is 0 Å². The predicted octanol–water partition coefficient (Wildman–Crippen LogP) is 2.17. The van der Waals surface area contributed by atoms with Crippen molar-refractivity contribution in [2.24, 2.45) is 0 Å². The summed E-state index contributed by atoms with van der Waals surface area (Å²) in [5, 5.41) is 3.98. The highest BCUT2D eigenvalue weighted by Gasteiger charge is 1.97. The summed E-state index contributed by atoms with van der Waals surface area (Å²) in [4.78, 5) is 6.92. The number of hydrogen-bond donors (Lipinski definition) is 0. The summed E-state index contributed by atoms with van der Waals surface area (Å²) >= 11 is 0. The third-order valence-corrected chi connectivity index (χ3v) is 2.38. The van der Waals surface area contributed by atoms with Gasteiger partial charge in [-0.05, 0) is 25.5 Å². The highest BCUT2D eigenvalue weighted by atomic mass is 16.7. The fourth-order valence-electron chi connectivity index (χ4n) is 1.80. The van der Waals surface area contributed by atoms with Crippen LogP contribution in [-0.2, 0) is 6.42 Å². The molecule has 0 N–H and O–H groups in total. The van der Waals surface area contributed by atoms with Gasteiger partial charge in [0.25, 0.3) is 0 Å². The van der Waals surface area contributed by atoms with Gasteiger partial charge in [0.05, 0.1) is 12.4 Å². The highest BCUT2D eigenvalue weighted by molar-refractivity contribution is 5.28. The monoisotopic (exact) mass is 216 g/mol. The van der Waals surface area contributed by atoms with E-state index in [0.29, 0.717) is 6.61 Å². The molecule has 0 saturated carbocycles. The van der Waals surface area contributed by atoms with E-state index in [0.717, 1.165) is 6.42 Å². The van der Waals surface area contributed by atoms with Gasteiger partial charge < -0.3 is 4.84 Å². The lowest BCUT2D eigenvalue weighted by atomic mass is 10.1. The van der Waals surface area contributed by atoms with Crippen LogP contribution in [0.2, 0.25) is 0 Å². The third-order valence-electron chi connectivity index (χ3n) is 2.38. The summed E-state index contributed by atoms with van der Waals surface area (Å²) in [6.07, 6.45) is 4.40. The Morgan fingerprint density at radius 1 is 1.19 bits per heavy atom. The van der Waals surface area contributed by atoms with Crippen LogP contribution in [0.4, 0.5) is 0 Å². The SMILES string of the molecule is Cc1cc(C)cc(CCOn2cccn2)c1. The molecule has 1 aromatic heterocycles. The standard InChI is InChI=1S/C13H16N2O/c1-11-8-12(2)10-13(9-11)4-7-16-15-6-3-5-14-15/h3,5-6,8-10H,4,7H2,1-2H3. The Balaban J connectivity index is 1.89. The van der Waals surface area contributed by atoms with Gasteiger partial charge in [0.15, 0.2) is 0 Å². The molecule has 0 radical (unpaired) electrons. The second kappa shape index (κ2) is 4.84. The van der Waals surface area contributed by atoms with Gasteiger partial charge in [-0.2, -0.15) is 0 Å². The molecule has 1 heterocycles. The zero-order valence-corrected chi connectivity index (χ0v) is 9.68. The summed E-state index contributed by atoms with van der Waals surface area (Å²) in [7, 11) is 0. The molecule has 0 amide bonds. The fourth-order valence-corrected chi connectivity index (χ4v) is 1.80. The lowest BCUT2D eigenvalue weighted by Gasteiger charge is -2.06. The molecule has 2 rings (SSSR count). The highest BCUT2D eigenvalue weighted by Crippen LogP contribution is 2.09. The molecule has 1 aromatic carbocycles. The molecule has 2 aromatic rings. The third kappa shape index (κ3) is 2.86. The average Bonchev–Trinajstić information content (AvgIpc) is 2.69. The van der Waals surface area contributed by atoms with Crippen molar-refractivity contribution >= 4 is 0 Å². The Labute approximate surface area is 95.6 Å². The van der Waals surface area contributed by atoms with Crippen molar-refractivity contribution in [2.75, 3.05) is 6.61 Å². The molecule has 0 unspecified atom stereocenters. The number of aryl methyl sites for hydroxylation is 2. The van der Waals surface area contributed by atoms with Gasteiger partial charge in [0.2, 0.25) is 0 Å². The summed E-state index contributed by atoms with van der Waals surface area (Å²) in [5.41, 5.74) is 3.91. The molecular weight excluding hydrogens is 200 g/mol. The Morgan fingerprint density at radius 2 is 1.94 bits per heavy atom. The van der Waals surface area contributed by atoms with E-state index >= 15 is 0 Å². The second-order valence-electron chi connectivity index (χ2n) is 3.99. The first-order chi connectivity index (χ1) is 7.74. The summed E-state index contributed by atoms with van der Waals surface area (Å²) < 4.78 is 0. The van der Waals surface area contributed by atoms with Crippen molar-refractivity contribution in [3.63, 3.8) is 0 Å². The zero-order chi connectivity index (χ0) is 11.4. The summed E-state index contributed by atoms with van der Waals surface area (Å²) in [6.45, 7) is 4.88. The van der Waals surface area contributed by atoms with Gasteiger partial charge in [0.1, 0.15) is 6.61 Å². The van der Waals surface area contributed by atoms with Crippen molar-refractivity contribution in [1.82, 2.24) is 9.94 Å². The Hall–Kier alpha value is -1.77. The first kappa shape index (κ1) is 10.7. The predicted molar refractivity (Wildman–Crippen MR) is 63.3 cm³/mol. The first-order valence-electron chi connectivity index (χ1n) is 5.44. The molecule has 0 bridgehead atoms. The van der Waals surface area contributed by atoms with Crippen molar-refractivity contribution < 1.29 is 4.84 Å². The van der Waals surface area contributed by atoms with Gasteiger partial charge in [0, 0.05) is 6.42 Å². The Kier molecular flexibility index (Phi) is 3.25. The largest absolute Gasteiger partial charge is 0.396 e. The molecule has 3 nitrogen and oxygen atoms in total. The lowest BCUT2D eigenvalue weighted by Crippen LogP contribution is -2.14. The maximum atomic E-state index is 5.44. The quantitative estimate of drug-likeness (QED) is 0.783. The molecule has 84 valence electrons. The minimum atomic E-state index is 0.643. The van der Waals surface area contributed by atoms with Gasteiger partial charge >= 0.3 is 0 Å². The molecular formula is C13H16N2O. The fraction of sp³-hybridized carbons (Fsp3) is 0.308. The van der Waals surface area contributed by atoms with E-state index in [4.69, 9.17) is 4.84 Å². The number of benzene rings is 1. The van der Waals surface area contributed by atoms with Crippen molar-refractivity contribution in [3.05, 3.63) is 53.3 Å². The molecule has 0 saturated heterocycles. The van der Waals surface area contributed by atoms with Crippen LogP contribution in [0.3, 0.4) is 0 Å². The summed E-state index contributed by atoms with van der Waals surface area (Å²) in [5.74, 6) is 0. The maximum Gasteiger partial charge on any atom is 0.121 e. The number of hydrogen-bond acceptors (Lipinski definition) is 2. The molecule has 0 spiro atoms. The molecule has 0 aliphatic carbocycles. The minimum Gasteiger partial charge on any atom is -0.396 e. The smallest absolute Gasteiger partial charge is 0.121 e. The van der Waals surface area contributed by atoms with Crippen LogP contribution in [0, 0.1) is 13.8 Å². The van der Waals surface area contributed by atoms with Crippen LogP contribution in [0.15, 0.2) is 36.7 Å². The van der Waals surface area contributed by atoms with E-state index in [1.807, 2.05) is 6.07 Å². The molecule has 3 heteroatoms. The number of aromatic nitrogens is 2. The molecule has 0 atom stereocenters. The van der Waals surface area contributed by atoms with E-state index in [9.17, 15) is 0 Å². The molecule has 0 aliphatic rings. The van der Waals surface area contributed by atoms with Crippen LogP contribution in [0.1, 0.15) is 16.7 Å². The van der Waals surface area contributed by atoms with E-state index in [2.05, 4.69) is 37.1 Å². The van der Waals surface area contributed by atoms with Crippen LogP contribution in [0.5, 0.6) is 0 Å². The molecule has 0 fully saturated rings. The van der Waals surface area contributed by atoms with E-state index < -0.39 is 0 Å². The van der Waals surface area contributed by atoms with E-state index in [1.165, 1.54) is 21.5 Å². The van der Waals surface area contributed by atoms with E-state index in [-0.39, 0.29) is 0 Å². The van der Waals surface area contributed by atoms with Crippen LogP contribution in [-0.4, -0.2) is 16.6 Å². The van der Waals surface area contributed by atoms with Gasteiger partial charge in [-0.25, -0.2) is 0 Å². The first-order valence-corrected chi connectivity index (χ1v) is 5.44. The topological polar surface area (TPSA) is 27.1 Å².